The summed E-state index contributed by atoms with van der Waals surface area (Å²) in [5.41, 5.74) is 1.76. The van der Waals surface area contributed by atoms with Gasteiger partial charge in [-0.3, -0.25) is 19.8 Å². The van der Waals surface area contributed by atoms with Crippen LogP contribution in [0.5, 0.6) is 0 Å². The molecule has 0 saturated carbocycles. The van der Waals surface area contributed by atoms with Gasteiger partial charge >= 0.3 is 0 Å². The summed E-state index contributed by atoms with van der Waals surface area (Å²) in [7, 11) is 0. The van der Waals surface area contributed by atoms with Crippen molar-refractivity contribution in [1.29, 1.82) is 0 Å². The summed E-state index contributed by atoms with van der Waals surface area (Å²) in [6, 6.07) is 5.82. The van der Waals surface area contributed by atoms with E-state index in [1.54, 1.807) is 29.8 Å². The van der Waals surface area contributed by atoms with Gasteiger partial charge in [-0.1, -0.05) is 0 Å². The first-order chi connectivity index (χ1) is 13.6. The summed E-state index contributed by atoms with van der Waals surface area (Å²) in [5.74, 6) is 2.02. The van der Waals surface area contributed by atoms with E-state index < -0.39 is 0 Å². The molecule has 0 aromatic carbocycles. The van der Waals surface area contributed by atoms with Crippen LogP contribution in [0.25, 0.3) is 0 Å². The quantitative estimate of drug-likeness (QED) is 0.733. The third-order valence-electron chi connectivity index (χ3n) is 5.90. The Morgan fingerprint density at radius 2 is 2.29 bits per heavy atom. The minimum Gasteiger partial charge on any atom is -0.337 e. The Kier molecular flexibility index (Phi) is 4.25. The van der Waals surface area contributed by atoms with E-state index in [0.717, 1.165) is 37.8 Å². The molecule has 1 N–H and O–H groups in total. The number of hydrogen-bond donors (Lipinski definition) is 1. The molecule has 5 heterocycles. The second kappa shape index (κ2) is 6.79. The van der Waals surface area contributed by atoms with Crippen molar-refractivity contribution in [3.05, 3.63) is 64.1 Å². The second-order valence-corrected chi connectivity index (χ2v) is 8.61. The van der Waals surface area contributed by atoms with E-state index in [-0.39, 0.29) is 11.3 Å². The first-order valence-electron chi connectivity index (χ1n) is 9.46. The minimum atomic E-state index is -0.224. The van der Waals surface area contributed by atoms with Gasteiger partial charge in [-0.25, -0.2) is 4.98 Å². The molecule has 2 aliphatic heterocycles. The highest BCUT2D eigenvalue weighted by molar-refractivity contribution is 7.07. The number of carbonyl (C=O) groups excluding carboxylic acids is 1. The summed E-state index contributed by atoms with van der Waals surface area (Å²) >= 11 is 1.73. The summed E-state index contributed by atoms with van der Waals surface area (Å²) in [6.07, 6.45) is 3.33. The SMILES string of the molecule is Cc1nc([C@@]23CN(Cc4ccsc4)C[C@@H]2CN(C(=O)c2cccnc2)C3)n[nH]1. The van der Waals surface area contributed by atoms with Crippen LogP contribution in [0.15, 0.2) is 41.4 Å². The molecular formula is C20H22N6OS. The van der Waals surface area contributed by atoms with Crippen LogP contribution in [0, 0.1) is 12.8 Å². The van der Waals surface area contributed by atoms with Gasteiger partial charge in [0.05, 0.1) is 11.0 Å². The maximum Gasteiger partial charge on any atom is 0.255 e. The van der Waals surface area contributed by atoms with E-state index >= 15 is 0 Å². The van der Waals surface area contributed by atoms with Crippen molar-refractivity contribution in [2.45, 2.75) is 18.9 Å². The molecule has 3 aromatic heterocycles. The third kappa shape index (κ3) is 2.93. The van der Waals surface area contributed by atoms with Gasteiger partial charge in [0.2, 0.25) is 0 Å². The maximum absolute atomic E-state index is 13.0. The van der Waals surface area contributed by atoms with Gasteiger partial charge in [-0.05, 0) is 41.4 Å². The highest BCUT2D eigenvalue weighted by Gasteiger charge is 2.56. The fourth-order valence-electron chi connectivity index (χ4n) is 4.64. The molecule has 28 heavy (non-hydrogen) atoms. The Hall–Kier alpha value is -2.58. The number of thiophene rings is 1. The number of nitrogens with zero attached hydrogens (tertiary/aromatic N) is 5. The van der Waals surface area contributed by atoms with Crippen molar-refractivity contribution in [1.82, 2.24) is 30.0 Å². The monoisotopic (exact) mass is 394 g/mol. The average molecular weight is 395 g/mol. The second-order valence-electron chi connectivity index (χ2n) is 7.83. The number of rotatable bonds is 4. The van der Waals surface area contributed by atoms with Gasteiger partial charge in [-0.15, -0.1) is 0 Å². The zero-order chi connectivity index (χ0) is 19.1. The third-order valence-corrected chi connectivity index (χ3v) is 6.64. The Morgan fingerprint density at radius 3 is 3.00 bits per heavy atom. The smallest absolute Gasteiger partial charge is 0.255 e. The van der Waals surface area contributed by atoms with E-state index in [2.05, 4.69) is 41.9 Å². The number of aromatic nitrogens is 4. The molecule has 5 rings (SSSR count). The van der Waals surface area contributed by atoms with Gasteiger partial charge in [0.25, 0.3) is 5.91 Å². The van der Waals surface area contributed by atoms with Gasteiger partial charge in [0, 0.05) is 51.0 Å². The fraction of sp³-hybridized carbons (Fsp3) is 0.400. The lowest BCUT2D eigenvalue weighted by Gasteiger charge is -2.26. The number of H-pyrrole nitrogens is 1. The molecule has 0 bridgehead atoms. The van der Waals surface area contributed by atoms with Crippen molar-refractivity contribution in [2.24, 2.45) is 5.92 Å². The first kappa shape index (κ1) is 17.5. The van der Waals surface area contributed by atoms with E-state index in [1.807, 2.05) is 17.9 Å². The number of amides is 1. The van der Waals surface area contributed by atoms with Crippen LogP contribution >= 0.6 is 11.3 Å². The van der Waals surface area contributed by atoms with Crippen LogP contribution in [0.3, 0.4) is 0 Å². The van der Waals surface area contributed by atoms with Crippen LogP contribution in [0.4, 0.5) is 0 Å². The minimum absolute atomic E-state index is 0.0403. The Balaban J connectivity index is 1.42. The number of aryl methyl sites for hydroxylation is 1. The molecule has 2 fully saturated rings. The van der Waals surface area contributed by atoms with E-state index in [1.165, 1.54) is 5.56 Å². The number of hydrogen-bond acceptors (Lipinski definition) is 6. The van der Waals surface area contributed by atoms with Crippen molar-refractivity contribution in [3.63, 3.8) is 0 Å². The molecule has 0 aliphatic carbocycles. The number of carbonyl (C=O) groups is 1. The fourth-order valence-corrected chi connectivity index (χ4v) is 5.30. The number of nitrogens with one attached hydrogen (secondary N) is 1. The summed E-state index contributed by atoms with van der Waals surface area (Å²) in [5, 5.41) is 11.8. The number of pyridine rings is 1. The molecule has 3 aromatic rings. The zero-order valence-electron chi connectivity index (χ0n) is 15.7. The van der Waals surface area contributed by atoms with Gasteiger partial charge < -0.3 is 4.90 Å². The normalized spacial score (nSPS) is 24.6. The van der Waals surface area contributed by atoms with Gasteiger partial charge in [-0.2, -0.15) is 16.4 Å². The molecule has 1 amide bonds. The number of aromatic amines is 1. The Morgan fingerprint density at radius 1 is 1.36 bits per heavy atom. The van der Waals surface area contributed by atoms with Gasteiger partial charge in [0.15, 0.2) is 5.82 Å². The molecule has 2 atom stereocenters. The molecule has 7 nitrogen and oxygen atoms in total. The predicted octanol–water partition coefficient (Wildman–Crippen LogP) is 2.10. The predicted molar refractivity (Wildman–Crippen MR) is 106 cm³/mol. The van der Waals surface area contributed by atoms with E-state index in [4.69, 9.17) is 0 Å². The van der Waals surface area contributed by atoms with Crippen LogP contribution in [-0.4, -0.2) is 62.1 Å². The average Bonchev–Trinajstić information content (AvgIpc) is 3.46. The van der Waals surface area contributed by atoms with Crippen molar-refractivity contribution < 1.29 is 4.79 Å². The summed E-state index contributed by atoms with van der Waals surface area (Å²) in [4.78, 5) is 26.2. The lowest BCUT2D eigenvalue weighted by molar-refractivity contribution is 0.0768. The zero-order valence-corrected chi connectivity index (χ0v) is 16.5. The Labute approximate surface area is 167 Å². The molecule has 144 valence electrons. The molecule has 8 heteroatoms. The van der Waals surface area contributed by atoms with Crippen LogP contribution in [-0.2, 0) is 12.0 Å². The summed E-state index contributed by atoms with van der Waals surface area (Å²) < 4.78 is 0. The summed E-state index contributed by atoms with van der Waals surface area (Å²) in [6.45, 7) is 6.03. The van der Waals surface area contributed by atoms with E-state index in [0.29, 0.717) is 18.0 Å². The molecule has 0 radical (unpaired) electrons. The van der Waals surface area contributed by atoms with Crippen molar-refractivity contribution in [2.75, 3.05) is 26.2 Å². The Bertz CT molecular complexity index is 972. The topological polar surface area (TPSA) is 78.0 Å². The number of fused-ring (bicyclic) bond motifs is 1. The van der Waals surface area contributed by atoms with Crippen LogP contribution in [0.1, 0.15) is 27.6 Å². The van der Waals surface area contributed by atoms with Crippen molar-refractivity contribution in [3.8, 4) is 0 Å². The molecule has 0 spiro atoms. The van der Waals surface area contributed by atoms with Gasteiger partial charge in [0.1, 0.15) is 5.82 Å². The number of likely N-dealkylation sites (tertiary alicyclic amines) is 2. The van der Waals surface area contributed by atoms with Crippen molar-refractivity contribution >= 4 is 17.2 Å². The lowest BCUT2D eigenvalue weighted by atomic mass is 9.80. The van der Waals surface area contributed by atoms with E-state index in [9.17, 15) is 4.79 Å². The molecule has 0 unspecified atom stereocenters. The largest absolute Gasteiger partial charge is 0.337 e. The highest BCUT2D eigenvalue weighted by Crippen LogP contribution is 2.44. The van der Waals surface area contributed by atoms with Crippen LogP contribution < -0.4 is 0 Å². The maximum atomic E-state index is 13.0. The molecule has 2 saturated heterocycles. The first-order valence-corrected chi connectivity index (χ1v) is 10.4. The lowest BCUT2D eigenvalue weighted by Crippen LogP contribution is -2.40. The van der Waals surface area contributed by atoms with Crippen LogP contribution in [0.2, 0.25) is 0 Å². The standard InChI is InChI=1S/C20H22N6OS/c1-14-22-19(24-23-14)20-12-25(8-15-4-6-28-11-15)9-17(20)10-26(13-20)18(27)16-3-2-5-21-7-16/h2-7,11,17H,8-10,12-13H2,1H3,(H,22,23,24)/t17-,20-/m1/s1. The molecule has 2 aliphatic rings. The molecular weight excluding hydrogens is 372 g/mol. The highest BCUT2D eigenvalue weighted by atomic mass is 32.1.